The van der Waals surface area contributed by atoms with Gasteiger partial charge >= 0.3 is 0 Å². The number of rotatable bonds is 3. The molecule has 84 valence electrons. The van der Waals surface area contributed by atoms with Gasteiger partial charge in [-0.1, -0.05) is 12.1 Å². The van der Waals surface area contributed by atoms with Crippen molar-refractivity contribution in [2.24, 2.45) is 0 Å². The number of benzene rings is 1. The third kappa shape index (κ3) is 1.66. The highest BCUT2D eigenvalue weighted by Crippen LogP contribution is 2.23. The van der Waals surface area contributed by atoms with E-state index in [0.717, 1.165) is 0 Å². The van der Waals surface area contributed by atoms with Crippen LogP contribution in [0.4, 0.5) is 0 Å². The first-order valence-corrected chi connectivity index (χ1v) is 4.83. The van der Waals surface area contributed by atoms with Crippen LogP contribution < -0.4 is 0 Å². The fourth-order valence-corrected chi connectivity index (χ4v) is 1.59. The number of aromatic nitrogens is 2. The molecule has 0 atom stereocenters. The maximum Gasteiger partial charge on any atom is 0.139 e. The standard InChI is InChI=1S/C11H12N2O3/c14-5-8-10(6-15)13(7-12-8)9-3-1-2-4-11(9)16/h1-4,7,14-16H,5-6H2. The molecule has 16 heavy (non-hydrogen) atoms. The quantitative estimate of drug-likeness (QED) is 0.706. The number of aromatic hydroxyl groups is 1. The molecule has 0 fully saturated rings. The molecule has 0 spiro atoms. The molecule has 2 rings (SSSR count). The first kappa shape index (κ1) is 10.7. The number of hydrogen-bond donors (Lipinski definition) is 3. The number of phenols is 1. The Morgan fingerprint density at radius 1 is 1.12 bits per heavy atom. The van der Waals surface area contributed by atoms with E-state index in [9.17, 15) is 10.2 Å². The van der Waals surface area contributed by atoms with E-state index < -0.39 is 0 Å². The van der Waals surface area contributed by atoms with Crippen LogP contribution in [0, 0.1) is 0 Å². The van der Waals surface area contributed by atoms with Crippen LogP contribution in [0.25, 0.3) is 5.69 Å². The highest BCUT2D eigenvalue weighted by atomic mass is 16.3. The zero-order valence-electron chi connectivity index (χ0n) is 8.54. The van der Waals surface area contributed by atoms with Crippen molar-refractivity contribution in [1.82, 2.24) is 9.55 Å². The molecular formula is C11H12N2O3. The van der Waals surface area contributed by atoms with Gasteiger partial charge in [0, 0.05) is 0 Å². The summed E-state index contributed by atoms with van der Waals surface area (Å²) in [6, 6.07) is 6.74. The van der Waals surface area contributed by atoms with Gasteiger partial charge in [0.1, 0.15) is 12.1 Å². The van der Waals surface area contributed by atoms with E-state index in [-0.39, 0.29) is 19.0 Å². The minimum Gasteiger partial charge on any atom is -0.506 e. The second-order valence-electron chi connectivity index (χ2n) is 3.31. The van der Waals surface area contributed by atoms with Gasteiger partial charge in [-0.25, -0.2) is 4.98 Å². The van der Waals surface area contributed by atoms with Crippen LogP contribution >= 0.6 is 0 Å². The first-order valence-electron chi connectivity index (χ1n) is 4.83. The van der Waals surface area contributed by atoms with E-state index in [1.54, 1.807) is 28.8 Å². The summed E-state index contributed by atoms with van der Waals surface area (Å²) >= 11 is 0. The molecule has 0 bridgehead atoms. The third-order valence-corrected chi connectivity index (χ3v) is 2.39. The van der Waals surface area contributed by atoms with E-state index >= 15 is 0 Å². The summed E-state index contributed by atoms with van der Waals surface area (Å²) in [5.74, 6) is 0.0964. The molecule has 0 saturated heterocycles. The van der Waals surface area contributed by atoms with E-state index in [4.69, 9.17) is 5.11 Å². The Kier molecular flexibility index (Phi) is 2.89. The molecular weight excluding hydrogens is 208 g/mol. The first-order chi connectivity index (χ1) is 7.77. The maximum absolute atomic E-state index is 9.67. The summed E-state index contributed by atoms with van der Waals surface area (Å²) in [7, 11) is 0. The predicted octanol–water partition coefficient (Wildman–Crippen LogP) is 0.562. The Balaban J connectivity index is 2.56. The number of hydrogen-bond acceptors (Lipinski definition) is 4. The molecule has 0 saturated carbocycles. The van der Waals surface area contributed by atoms with Gasteiger partial charge in [-0.2, -0.15) is 0 Å². The van der Waals surface area contributed by atoms with E-state index in [1.807, 2.05) is 0 Å². The van der Waals surface area contributed by atoms with Gasteiger partial charge in [-0.05, 0) is 12.1 Å². The highest BCUT2D eigenvalue weighted by Gasteiger charge is 2.12. The van der Waals surface area contributed by atoms with Gasteiger partial charge in [-0.15, -0.1) is 0 Å². The number of imidazole rings is 1. The Hall–Kier alpha value is -1.85. The maximum atomic E-state index is 9.67. The molecule has 1 aromatic carbocycles. The van der Waals surface area contributed by atoms with E-state index in [2.05, 4.69) is 4.98 Å². The molecule has 0 aliphatic rings. The largest absolute Gasteiger partial charge is 0.506 e. The van der Waals surface area contributed by atoms with Crippen molar-refractivity contribution in [3.63, 3.8) is 0 Å². The lowest BCUT2D eigenvalue weighted by molar-refractivity contribution is 0.253. The molecule has 1 heterocycles. The van der Waals surface area contributed by atoms with Crippen molar-refractivity contribution in [3.8, 4) is 11.4 Å². The molecule has 0 unspecified atom stereocenters. The minimum absolute atomic E-state index is 0.0964. The molecule has 0 radical (unpaired) electrons. The summed E-state index contributed by atoms with van der Waals surface area (Å²) in [5, 5.41) is 27.9. The van der Waals surface area contributed by atoms with Crippen LogP contribution in [0.15, 0.2) is 30.6 Å². The molecule has 5 nitrogen and oxygen atoms in total. The summed E-state index contributed by atoms with van der Waals surface area (Å²) in [6.45, 7) is -0.485. The van der Waals surface area contributed by atoms with Crippen molar-refractivity contribution in [1.29, 1.82) is 0 Å². The van der Waals surface area contributed by atoms with Crippen LogP contribution in [-0.2, 0) is 13.2 Å². The van der Waals surface area contributed by atoms with Crippen molar-refractivity contribution < 1.29 is 15.3 Å². The number of nitrogens with zero attached hydrogens (tertiary/aromatic N) is 2. The van der Waals surface area contributed by atoms with Crippen molar-refractivity contribution >= 4 is 0 Å². The van der Waals surface area contributed by atoms with Crippen LogP contribution in [0.1, 0.15) is 11.4 Å². The lowest BCUT2D eigenvalue weighted by Crippen LogP contribution is -2.01. The lowest BCUT2D eigenvalue weighted by atomic mass is 10.2. The van der Waals surface area contributed by atoms with Crippen molar-refractivity contribution in [2.75, 3.05) is 0 Å². The molecule has 3 N–H and O–H groups in total. The van der Waals surface area contributed by atoms with Gasteiger partial charge in [0.05, 0.1) is 30.3 Å². The average Bonchev–Trinajstić information content (AvgIpc) is 2.72. The monoisotopic (exact) mass is 220 g/mol. The van der Waals surface area contributed by atoms with E-state index in [1.165, 1.54) is 6.33 Å². The summed E-state index contributed by atoms with van der Waals surface area (Å²) < 4.78 is 1.56. The van der Waals surface area contributed by atoms with Gasteiger partial charge in [0.25, 0.3) is 0 Å². The van der Waals surface area contributed by atoms with Crippen LogP contribution in [0.5, 0.6) is 5.75 Å². The summed E-state index contributed by atoms with van der Waals surface area (Å²) in [6.07, 6.45) is 1.46. The Labute approximate surface area is 92.2 Å². The van der Waals surface area contributed by atoms with Crippen LogP contribution in [0.3, 0.4) is 0 Å². The molecule has 0 aliphatic heterocycles. The van der Waals surface area contributed by atoms with E-state index in [0.29, 0.717) is 17.1 Å². The molecule has 2 aromatic rings. The van der Waals surface area contributed by atoms with Crippen molar-refractivity contribution in [3.05, 3.63) is 42.0 Å². The third-order valence-electron chi connectivity index (χ3n) is 2.39. The van der Waals surface area contributed by atoms with Gasteiger partial charge < -0.3 is 15.3 Å². The van der Waals surface area contributed by atoms with Crippen molar-refractivity contribution in [2.45, 2.75) is 13.2 Å². The van der Waals surface area contributed by atoms with Crippen LogP contribution in [0.2, 0.25) is 0 Å². The molecule has 5 heteroatoms. The predicted molar refractivity (Wildman–Crippen MR) is 57.1 cm³/mol. The Bertz CT molecular complexity index is 494. The molecule has 1 aromatic heterocycles. The normalized spacial score (nSPS) is 10.6. The summed E-state index contributed by atoms with van der Waals surface area (Å²) in [4.78, 5) is 3.96. The highest BCUT2D eigenvalue weighted by molar-refractivity contribution is 5.47. The second kappa shape index (κ2) is 4.34. The van der Waals surface area contributed by atoms with Gasteiger partial charge in [0.2, 0.25) is 0 Å². The number of phenolic OH excluding ortho intramolecular Hbond substituents is 1. The second-order valence-corrected chi connectivity index (χ2v) is 3.31. The molecule has 0 aliphatic carbocycles. The number of para-hydroxylation sites is 2. The SMILES string of the molecule is OCc1ncn(-c2ccccc2O)c1CO. The molecule has 0 amide bonds. The smallest absolute Gasteiger partial charge is 0.139 e. The zero-order chi connectivity index (χ0) is 11.5. The Morgan fingerprint density at radius 2 is 1.88 bits per heavy atom. The van der Waals surface area contributed by atoms with Gasteiger partial charge in [0.15, 0.2) is 0 Å². The zero-order valence-corrected chi connectivity index (χ0v) is 8.54. The summed E-state index contributed by atoms with van der Waals surface area (Å²) in [5.41, 5.74) is 1.41. The number of aliphatic hydroxyl groups excluding tert-OH is 2. The fourth-order valence-electron chi connectivity index (χ4n) is 1.59. The average molecular weight is 220 g/mol. The Morgan fingerprint density at radius 3 is 2.50 bits per heavy atom. The number of aliphatic hydroxyl groups is 2. The topological polar surface area (TPSA) is 78.5 Å². The fraction of sp³-hybridized carbons (Fsp3) is 0.182. The van der Waals surface area contributed by atoms with Crippen LogP contribution in [-0.4, -0.2) is 24.9 Å². The minimum atomic E-state index is -0.246. The lowest BCUT2D eigenvalue weighted by Gasteiger charge is -2.08. The van der Waals surface area contributed by atoms with Gasteiger partial charge in [-0.3, -0.25) is 4.57 Å².